The van der Waals surface area contributed by atoms with Crippen molar-refractivity contribution in [3.8, 4) is 11.5 Å². The standard InChI is InChI=1S/C44H45F3N6O6/c1-43(2,58)32-23-34-28(22-35(32)50-40(55)33-13-8-15-37(49-33)44(45,46)47)25-53(52-34)29-18-16-27(17-19-29)24-48-20-5-3-4-9-26-10-6-11-30(21-26)59-36-14-7-12-31-38(36)41(56)51-42(57)39(31)54/h6-8,10-15,21-23,25,27,29,48,58H,3-5,9,16-20,24H2,1-2H3,(H,50,55)(H,51,56,57). The zero-order valence-electron chi connectivity index (χ0n) is 32.7. The molecule has 308 valence electrons. The Labute approximate surface area is 338 Å². The Morgan fingerprint density at radius 2 is 1.69 bits per heavy atom. The molecule has 59 heavy (non-hydrogen) atoms. The van der Waals surface area contributed by atoms with Crippen LogP contribution < -0.4 is 20.7 Å². The second-order valence-electron chi connectivity index (χ2n) is 15.7. The van der Waals surface area contributed by atoms with Gasteiger partial charge in [0.25, 0.3) is 23.5 Å². The monoisotopic (exact) mass is 810 g/mol. The topological polar surface area (TPSA) is 165 Å². The molecule has 0 unspecified atom stereocenters. The van der Waals surface area contributed by atoms with E-state index in [1.165, 1.54) is 12.1 Å². The van der Waals surface area contributed by atoms with E-state index in [2.05, 4.69) is 20.9 Å². The zero-order valence-corrected chi connectivity index (χ0v) is 32.7. The number of benzene rings is 3. The highest BCUT2D eigenvalue weighted by atomic mass is 19.4. The normalized spacial score (nSPS) is 17.2. The van der Waals surface area contributed by atoms with Crippen LogP contribution in [0.5, 0.6) is 11.5 Å². The molecule has 3 heterocycles. The number of rotatable bonds is 14. The molecule has 3 amide bonds. The zero-order chi connectivity index (χ0) is 41.9. The number of hydrogen-bond donors (Lipinski definition) is 4. The molecule has 7 rings (SSSR count). The lowest BCUT2D eigenvalue weighted by atomic mass is 9.86. The average molecular weight is 811 g/mol. The molecule has 1 fully saturated rings. The van der Waals surface area contributed by atoms with Crippen molar-refractivity contribution in [2.45, 2.75) is 83.0 Å². The third-order valence-electron chi connectivity index (χ3n) is 10.8. The van der Waals surface area contributed by atoms with E-state index < -0.39 is 46.7 Å². The number of halogens is 3. The minimum atomic E-state index is -4.69. The molecule has 4 N–H and O–H groups in total. The molecule has 1 aliphatic heterocycles. The first kappa shape index (κ1) is 41.2. The van der Waals surface area contributed by atoms with Crippen LogP contribution in [0.2, 0.25) is 0 Å². The van der Waals surface area contributed by atoms with Crippen molar-refractivity contribution in [1.29, 1.82) is 0 Å². The van der Waals surface area contributed by atoms with E-state index in [0.29, 0.717) is 22.7 Å². The van der Waals surface area contributed by atoms with Crippen LogP contribution in [0.4, 0.5) is 18.9 Å². The maximum atomic E-state index is 13.2. The first-order valence-electron chi connectivity index (χ1n) is 19.8. The van der Waals surface area contributed by atoms with Crippen LogP contribution in [0.15, 0.2) is 79.0 Å². The summed E-state index contributed by atoms with van der Waals surface area (Å²) in [6.45, 7) is 4.99. The van der Waals surface area contributed by atoms with Crippen molar-refractivity contribution < 1.29 is 42.2 Å². The number of carbonyl (C=O) groups excluding carboxylic acids is 4. The first-order chi connectivity index (χ1) is 28.1. The van der Waals surface area contributed by atoms with Crippen molar-refractivity contribution >= 4 is 40.1 Å². The van der Waals surface area contributed by atoms with E-state index in [1.807, 2.05) is 29.1 Å². The van der Waals surface area contributed by atoms with Crippen molar-refractivity contribution in [1.82, 2.24) is 25.4 Å². The molecule has 2 aliphatic rings. The van der Waals surface area contributed by atoms with Gasteiger partial charge < -0.3 is 20.5 Å². The van der Waals surface area contributed by atoms with Gasteiger partial charge in [-0.05, 0) is 132 Å². The fourth-order valence-electron chi connectivity index (χ4n) is 7.74. The molecule has 0 radical (unpaired) electrons. The fraction of sp³-hybridized carbons (Fsp3) is 0.364. The van der Waals surface area contributed by atoms with E-state index in [4.69, 9.17) is 9.84 Å². The first-order valence-corrected chi connectivity index (χ1v) is 19.8. The van der Waals surface area contributed by atoms with E-state index in [1.54, 1.807) is 44.2 Å². The summed E-state index contributed by atoms with van der Waals surface area (Å²) in [6, 6.07) is 19.0. The molecule has 0 saturated heterocycles. The second-order valence-corrected chi connectivity index (χ2v) is 15.7. The number of alkyl halides is 3. The number of ether oxygens (including phenoxy) is 1. The summed E-state index contributed by atoms with van der Waals surface area (Å²) in [7, 11) is 0. The lowest BCUT2D eigenvalue weighted by Crippen LogP contribution is -2.42. The minimum absolute atomic E-state index is 0.0320. The number of amides is 3. The van der Waals surface area contributed by atoms with Gasteiger partial charge in [0.1, 0.15) is 22.9 Å². The number of pyridine rings is 1. The molecule has 15 heteroatoms. The molecule has 12 nitrogen and oxygen atoms in total. The van der Waals surface area contributed by atoms with Gasteiger partial charge in [0, 0.05) is 28.4 Å². The molecule has 3 aromatic carbocycles. The van der Waals surface area contributed by atoms with Crippen molar-refractivity contribution in [2.75, 3.05) is 18.4 Å². The molecular weight excluding hydrogens is 766 g/mol. The number of nitrogens with one attached hydrogen (secondary N) is 3. The van der Waals surface area contributed by atoms with Gasteiger partial charge in [0.05, 0.1) is 22.7 Å². The van der Waals surface area contributed by atoms with Crippen LogP contribution in [0.25, 0.3) is 10.9 Å². The summed E-state index contributed by atoms with van der Waals surface area (Å²) in [4.78, 5) is 53.0. The summed E-state index contributed by atoms with van der Waals surface area (Å²) < 4.78 is 47.6. The molecule has 2 aromatic heterocycles. The predicted molar refractivity (Wildman–Crippen MR) is 213 cm³/mol. The number of aromatic nitrogens is 3. The van der Waals surface area contributed by atoms with Gasteiger partial charge in [-0.15, -0.1) is 0 Å². The quantitative estimate of drug-likeness (QED) is 0.0496. The number of anilines is 1. The van der Waals surface area contributed by atoms with E-state index in [0.717, 1.165) is 87.5 Å². The van der Waals surface area contributed by atoms with Gasteiger partial charge in [0.15, 0.2) is 0 Å². The Kier molecular flexibility index (Phi) is 12.0. The smallest absolute Gasteiger partial charge is 0.433 e. The average Bonchev–Trinajstić information content (AvgIpc) is 3.62. The van der Waals surface area contributed by atoms with Gasteiger partial charge in [-0.1, -0.05) is 30.7 Å². The van der Waals surface area contributed by atoms with Gasteiger partial charge >= 0.3 is 6.18 Å². The second kappa shape index (κ2) is 17.1. The molecule has 1 saturated carbocycles. The fourth-order valence-corrected chi connectivity index (χ4v) is 7.74. The highest BCUT2D eigenvalue weighted by Gasteiger charge is 2.34. The van der Waals surface area contributed by atoms with Gasteiger partial charge in [-0.25, -0.2) is 4.98 Å². The van der Waals surface area contributed by atoms with E-state index in [9.17, 15) is 37.5 Å². The summed E-state index contributed by atoms with van der Waals surface area (Å²) in [5.41, 5.74) is -0.469. The number of Topliss-reactive ketones (excluding diaryl/α,β-unsaturated/α-hetero) is 1. The van der Waals surface area contributed by atoms with Crippen LogP contribution in [0, 0.1) is 5.92 Å². The summed E-state index contributed by atoms with van der Waals surface area (Å²) in [6.07, 6.45) is 5.13. The lowest BCUT2D eigenvalue weighted by molar-refractivity contribution is -0.141. The molecule has 5 aromatic rings. The number of unbranched alkanes of at least 4 members (excludes halogenated alkanes) is 2. The number of carbonyl (C=O) groups is 4. The Morgan fingerprint density at radius 1 is 0.932 bits per heavy atom. The highest BCUT2D eigenvalue weighted by molar-refractivity contribution is 6.49. The maximum absolute atomic E-state index is 13.2. The Morgan fingerprint density at radius 3 is 2.46 bits per heavy atom. The van der Waals surface area contributed by atoms with Gasteiger partial charge in [0.2, 0.25) is 0 Å². The number of nitrogens with zero attached hydrogens (tertiary/aromatic N) is 3. The van der Waals surface area contributed by atoms with Crippen molar-refractivity contribution in [3.63, 3.8) is 0 Å². The third-order valence-corrected chi connectivity index (χ3v) is 10.8. The molecule has 0 bridgehead atoms. The molecular formula is C44H45F3N6O6. The van der Waals surface area contributed by atoms with Gasteiger partial charge in [-0.2, -0.15) is 18.3 Å². The number of hydrogen-bond acceptors (Lipinski definition) is 9. The summed E-state index contributed by atoms with van der Waals surface area (Å²) >= 11 is 0. The van der Waals surface area contributed by atoms with E-state index in [-0.39, 0.29) is 28.6 Å². The largest absolute Gasteiger partial charge is 0.457 e. The Hall–Kier alpha value is -5.93. The number of aliphatic hydroxyl groups is 1. The minimum Gasteiger partial charge on any atom is -0.457 e. The Bertz CT molecular complexity index is 2400. The van der Waals surface area contributed by atoms with E-state index >= 15 is 0 Å². The van der Waals surface area contributed by atoms with Crippen LogP contribution >= 0.6 is 0 Å². The number of fused-ring (bicyclic) bond motifs is 2. The Balaban J connectivity index is 0.854. The van der Waals surface area contributed by atoms with Crippen LogP contribution in [0.1, 0.15) is 113 Å². The molecule has 1 aliphatic carbocycles. The molecule has 0 atom stereocenters. The summed E-state index contributed by atoms with van der Waals surface area (Å²) in [5.74, 6) is -1.89. The summed E-state index contributed by atoms with van der Waals surface area (Å²) in [5, 5.41) is 24.8. The van der Waals surface area contributed by atoms with Crippen molar-refractivity contribution in [3.05, 3.63) is 113 Å². The van der Waals surface area contributed by atoms with Crippen LogP contribution in [0.3, 0.4) is 0 Å². The van der Waals surface area contributed by atoms with Gasteiger partial charge in [-0.3, -0.25) is 29.2 Å². The predicted octanol–water partition coefficient (Wildman–Crippen LogP) is 7.91. The lowest BCUT2D eigenvalue weighted by Gasteiger charge is -2.28. The highest BCUT2D eigenvalue weighted by Crippen LogP contribution is 2.36. The molecule has 0 spiro atoms. The van der Waals surface area contributed by atoms with Crippen molar-refractivity contribution in [2.24, 2.45) is 5.92 Å². The number of imide groups is 1. The maximum Gasteiger partial charge on any atom is 0.433 e. The third kappa shape index (κ3) is 9.69. The van der Waals surface area contributed by atoms with Crippen LogP contribution in [-0.4, -0.2) is 56.5 Å². The van der Waals surface area contributed by atoms with Crippen LogP contribution in [-0.2, 0) is 23.0 Å². The number of ketones is 1. The SMILES string of the molecule is CC(C)(O)c1cc2nn(C3CCC(CNCCCCCc4cccc(Oc5cccc6c5C(=O)NC(=O)C6=O)c4)CC3)cc2cc1NC(=O)c1cccc(C(F)(F)F)n1. The number of aryl methyl sites for hydroxylation is 1.